The molecule has 0 spiro atoms. The molecular weight excluding hydrogens is 422 g/mol. The Kier molecular flexibility index (Phi) is 7.16. The van der Waals surface area contributed by atoms with Gasteiger partial charge in [0.15, 0.2) is 0 Å². The van der Waals surface area contributed by atoms with E-state index in [0.717, 1.165) is 31.5 Å². The van der Waals surface area contributed by atoms with E-state index in [9.17, 15) is 13.2 Å². The van der Waals surface area contributed by atoms with E-state index in [-0.39, 0.29) is 11.8 Å². The zero-order valence-corrected chi connectivity index (χ0v) is 19.6. The number of carbonyl (C=O) groups is 1. The first kappa shape index (κ1) is 22.8. The maximum atomic E-state index is 13.2. The molecule has 0 radical (unpaired) electrons. The number of carbonyl (C=O) groups excluding carboxylic acids is 1. The Morgan fingerprint density at radius 3 is 2.44 bits per heavy atom. The molecule has 1 saturated heterocycles. The van der Waals surface area contributed by atoms with E-state index in [1.165, 1.54) is 17.5 Å². The number of benzene rings is 2. The second-order valence-electron chi connectivity index (χ2n) is 8.86. The van der Waals surface area contributed by atoms with Crippen LogP contribution in [0.2, 0.25) is 0 Å². The van der Waals surface area contributed by atoms with Gasteiger partial charge in [0.1, 0.15) is 0 Å². The number of rotatable bonds is 7. The highest BCUT2D eigenvalue weighted by Crippen LogP contribution is 2.28. The molecule has 1 aliphatic carbocycles. The number of hydrogen-bond donors (Lipinski definition) is 1. The maximum Gasteiger partial charge on any atom is 0.243 e. The first-order chi connectivity index (χ1) is 15.4. The summed E-state index contributed by atoms with van der Waals surface area (Å²) in [5.74, 6) is -0.107. The van der Waals surface area contributed by atoms with Gasteiger partial charge in [0, 0.05) is 44.8 Å². The normalized spacial score (nSPS) is 17.5. The first-order valence-electron chi connectivity index (χ1n) is 11.6. The average molecular weight is 456 g/mol. The lowest BCUT2D eigenvalue weighted by Crippen LogP contribution is -2.44. The predicted molar refractivity (Wildman–Crippen MR) is 127 cm³/mol. The summed E-state index contributed by atoms with van der Waals surface area (Å²) in [6, 6.07) is 15.7. The van der Waals surface area contributed by atoms with Crippen molar-refractivity contribution in [2.45, 2.75) is 43.4 Å². The molecule has 0 bridgehead atoms. The number of piperidine rings is 1. The SMILES string of the molecule is CN(CCNC(=O)C1CCN(S(=O)(=O)c2ccc3c(c2)CCCC3)CC1)c1ccccc1. The third-order valence-corrected chi connectivity index (χ3v) is 8.62. The summed E-state index contributed by atoms with van der Waals surface area (Å²) in [5, 5.41) is 3.02. The highest BCUT2D eigenvalue weighted by atomic mass is 32.2. The minimum absolute atomic E-state index is 0.0253. The second-order valence-corrected chi connectivity index (χ2v) is 10.8. The van der Waals surface area contributed by atoms with Gasteiger partial charge in [0.2, 0.25) is 15.9 Å². The van der Waals surface area contributed by atoms with Crippen LogP contribution in [0.3, 0.4) is 0 Å². The van der Waals surface area contributed by atoms with Crippen LogP contribution in [0, 0.1) is 5.92 Å². The number of aryl methyl sites for hydroxylation is 2. The minimum atomic E-state index is -3.51. The molecule has 2 aromatic rings. The van der Waals surface area contributed by atoms with Crippen LogP contribution in [0.5, 0.6) is 0 Å². The Balaban J connectivity index is 1.27. The summed E-state index contributed by atoms with van der Waals surface area (Å²) < 4.78 is 27.8. The monoisotopic (exact) mass is 455 g/mol. The molecule has 1 fully saturated rings. The quantitative estimate of drug-likeness (QED) is 0.696. The Morgan fingerprint density at radius 1 is 1.03 bits per heavy atom. The van der Waals surface area contributed by atoms with Crippen LogP contribution in [0.1, 0.15) is 36.8 Å². The van der Waals surface area contributed by atoms with Crippen molar-refractivity contribution >= 4 is 21.6 Å². The lowest BCUT2D eigenvalue weighted by molar-refractivity contribution is -0.126. The molecule has 32 heavy (non-hydrogen) atoms. The molecule has 1 heterocycles. The summed E-state index contributed by atoms with van der Waals surface area (Å²) in [4.78, 5) is 15.1. The van der Waals surface area contributed by atoms with Gasteiger partial charge in [0.05, 0.1) is 4.90 Å². The van der Waals surface area contributed by atoms with Crippen LogP contribution < -0.4 is 10.2 Å². The summed E-state index contributed by atoms with van der Waals surface area (Å²) in [7, 11) is -1.50. The molecule has 172 valence electrons. The molecule has 0 saturated carbocycles. The summed E-state index contributed by atoms with van der Waals surface area (Å²) in [6.07, 6.45) is 5.42. The lowest BCUT2D eigenvalue weighted by Gasteiger charge is -2.31. The van der Waals surface area contributed by atoms with Gasteiger partial charge in [-0.1, -0.05) is 24.3 Å². The van der Waals surface area contributed by atoms with Gasteiger partial charge in [-0.15, -0.1) is 0 Å². The molecule has 6 nitrogen and oxygen atoms in total. The molecule has 1 aliphatic heterocycles. The van der Waals surface area contributed by atoms with E-state index in [2.05, 4.69) is 10.2 Å². The van der Waals surface area contributed by atoms with Gasteiger partial charge in [-0.05, 0) is 73.9 Å². The molecule has 1 N–H and O–H groups in total. The van der Waals surface area contributed by atoms with E-state index in [1.54, 1.807) is 10.4 Å². The Hall–Kier alpha value is -2.38. The third-order valence-electron chi connectivity index (χ3n) is 6.73. The van der Waals surface area contributed by atoms with Crippen molar-refractivity contribution in [3.8, 4) is 0 Å². The van der Waals surface area contributed by atoms with Gasteiger partial charge in [-0.2, -0.15) is 4.31 Å². The van der Waals surface area contributed by atoms with Crippen LogP contribution in [0.15, 0.2) is 53.4 Å². The van der Waals surface area contributed by atoms with Crippen LogP contribution in [-0.4, -0.2) is 51.9 Å². The Labute approximate surface area is 191 Å². The number of para-hydroxylation sites is 1. The molecule has 2 aliphatic rings. The standard InChI is InChI=1S/C25H33N3O3S/c1-27(23-9-3-2-4-10-23)18-15-26-25(29)21-13-16-28(17-14-21)32(30,31)24-12-11-20-7-5-6-8-22(20)19-24/h2-4,9-12,19,21H,5-8,13-18H2,1H3,(H,26,29). The van der Waals surface area contributed by atoms with Crippen molar-refractivity contribution in [3.05, 3.63) is 59.7 Å². The van der Waals surface area contributed by atoms with Crippen molar-refractivity contribution < 1.29 is 13.2 Å². The van der Waals surface area contributed by atoms with Crippen LogP contribution in [0.4, 0.5) is 5.69 Å². The number of nitrogens with one attached hydrogen (secondary N) is 1. The molecule has 0 atom stereocenters. The Morgan fingerprint density at radius 2 is 1.72 bits per heavy atom. The molecule has 1 amide bonds. The topological polar surface area (TPSA) is 69.7 Å². The van der Waals surface area contributed by atoms with E-state index >= 15 is 0 Å². The van der Waals surface area contributed by atoms with E-state index in [0.29, 0.717) is 37.4 Å². The molecule has 7 heteroatoms. The smallest absolute Gasteiger partial charge is 0.243 e. The minimum Gasteiger partial charge on any atom is -0.373 e. The molecular formula is C25H33N3O3S. The molecule has 2 aromatic carbocycles. The number of sulfonamides is 1. The summed E-state index contributed by atoms with van der Waals surface area (Å²) >= 11 is 0. The van der Waals surface area contributed by atoms with E-state index in [1.807, 2.05) is 49.5 Å². The van der Waals surface area contributed by atoms with Gasteiger partial charge in [-0.3, -0.25) is 4.79 Å². The molecule has 4 rings (SSSR count). The largest absolute Gasteiger partial charge is 0.373 e. The average Bonchev–Trinajstić information content (AvgIpc) is 2.84. The van der Waals surface area contributed by atoms with E-state index < -0.39 is 10.0 Å². The van der Waals surface area contributed by atoms with Crippen molar-refractivity contribution in [1.29, 1.82) is 0 Å². The number of anilines is 1. The summed E-state index contributed by atoms with van der Waals surface area (Å²) in [6.45, 7) is 2.07. The number of nitrogens with zero attached hydrogens (tertiary/aromatic N) is 2. The fourth-order valence-electron chi connectivity index (χ4n) is 4.68. The second kappa shape index (κ2) is 10.0. The number of fused-ring (bicyclic) bond motifs is 1. The van der Waals surface area contributed by atoms with Crippen molar-refractivity contribution in [2.75, 3.05) is 38.1 Å². The van der Waals surface area contributed by atoms with Crippen molar-refractivity contribution in [2.24, 2.45) is 5.92 Å². The third kappa shape index (κ3) is 5.15. The molecule has 0 aromatic heterocycles. The predicted octanol–water partition coefficient (Wildman–Crippen LogP) is 3.22. The van der Waals surface area contributed by atoms with E-state index in [4.69, 9.17) is 0 Å². The summed E-state index contributed by atoms with van der Waals surface area (Å²) in [5.41, 5.74) is 3.57. The Bertz CT molecular complexity index is 1030. The van der Waals surface area contributed by atoms with Crippen molar-refractivity contribution in [3.63, 3.8) is 0 Å². The maximum absolute atomic E-state index is 13.2. The molecule has 0 unspecified atom stereocenters. The van der Waals surface area contributed by atoms with Crippen LogP contribution >= 0.6 is 0 Å². The van der Waals surface area contributed by atoms with Gasteiger partial charge in [-0.25, -0.2) is 8.42 Å². The van der Waals surface area contributed by atoms with Gasteiger partial charge >= 0.3 is 0 Å². The fraction of sp³-hybridized carbons (Fsp3) is 0.480. The number of hydrogen-bond acceptors (Lipinski definition) is 4. The van der Waals surface area contributed by atoms with Crippen molar-refractivity contribution in [1.82, 2.24) is 9.62 Å². The zero-order chi connectivity index (χ0) is 22.6. The lowest BCUT2D eigenvalue weighted by atomic mass is 9.92. The first-order valence-corrected chi connectivity index (χ1v) is 13.0. The van der Waals surface area contributed by atoms with Crippen LogP contribution in [0.25, 0.3) is 0 Å². The number of likely N-dealkylation sites (N-methyl/N-ethyl adjacent to an activating group) is 1. The highest BCUT2D eigenvalue weighted by molar-refractivity contribution is 7.89. The highest BCUT2D eigenvalue weighted by Gasteiger charge is 2.32. The van der Waals surface area contributed by atoms with Crippen LogP contribution in [-0.2, 0) is 27.7 Å². The number of amides is 1. The van der Waals surface area contributed by atoms with Gasteiger partial charge < -0.3 is 10.2 Å². The zero-order valence-electron chi connectivity index (χ0n) is 18.8. The fourth-order valence-corrected chi connectivity index (χ4v) is 6.20. The van der Waals surface area contributed by atoms with Gasteiger partial charge in [0.25, 0.3) is 0 Å².